The molecule has 1 aromatic carbocycles. The van der Waals surface area contributed by atoms with E-state index in [9.17, 15) is 9.59 Å². The van der Waals surface area contributed by atoms with Gasteiger partial charge in [0.15, 0.2) is 11.5 Å². The predicted molar refractivity (Wildman–Crippen MR) is 77.4 cm³/mol. The summed E-state index contributed by atoms with van der Waals surface area (Å²) < 4.78 is 10.8. The first-order valence-corrected chi connectivity index (χ1v) is 7.82. The molecule has 1 aromatic rings. The fourth-order valence-corrected chi connectivity index (χ4v) is 3.66. The number of hydrogen-bond donors (Lipinski definition) is 1. The quantitative estimate of drug-likeness (QED) is 0.890. The number of carbonyl (C=O) groups is 2. The van der Waals surface area contributed by atoms with Crippen LogP contribution in [0.2, 0.25) is 5.02 Å². The first-order chi connectivity index (χ1) is 10.1. The van der Waals surface area contributed by atoms with Gasteiger partial charge in [-0.3, -0.25) is 4.79 Å². The normalized spacial score (nSPS) is 20.4. The molecule has 0 radical (unpaired) electrons. The third-order valence-corrected chi connectivity index (χ3v) is 4.56. The number of hydrogen-bond acceptors (Lipinski definition) is 5. The molecule has 112 valence electrons. The first kappa shape index (κ1) is 14.3. The van der Waals surface area contributed by atoms with Gasteiger partial charge >= 0.3 is 5.97 Å². The van der Waals surface area contributed by atoms with Crippen molar-refractivity contribution in [1.82, 2.24) is 4.90 Å². The highest BCUT2D eigenvalue weighted by Gasteiger charge is 2.35. The summed E-state index contributed by atoms with van der Waals surface area (Å²) in [7, 11) is 0. The molecule has 1 N–H and O–H groups in total. The average molecular weight is 330 g/mol. The van der Waals surface area contributed by atoms with Crippen molar-refractivity contribution < 1.29 is 24.2 Å². The second-order valence-electron chi connectivity index (χ2n) is 4.61. The number of halogens is 1. The van der Waals surface area contributed by atoms with Gasteiger partial charge < -0.3 is 19.5 Å². The van der Waals surface area contributed by atoms with Crippen LogP contribution < -0.4 is 9.47 Å². The van der Waals surface area contributed by atoms with Crippen LogP contribution in [0.25, 0.3) is 0 Å². The number of aliphatic carboxylic acids is 1. The lowest BCUT2D eigenvalue weighted by atomic mass is 10.1. The van der Waals surface area contributed by atoms with E-state index in [-0.39, 0.29) is 10.9 Å². The monoisotopic (exact) mass is 329 g/mol. The molecule has 8 heteroatoms. The van der Waals surface area contributed by atoms with Gasteiger partial charge in [-0.1, -0.05) is 11.6 Å². The Bertz CT molecular complexity index is 608. The van der Waals surface area contributed by atoms with Gasteiger partial charge in [-0.15, -0.1) is 11.8 Å². The fraction of sp³-hybridized carbons (Fsp3) is 0.385. The summed E-state index contributed by atoms with van der Waals surface area (Å²) in [6, 6.07) is 2.22. The van der Waals surface area contributed by atoms with Gasteiger partial charge in [-0.05, 0) is 12.1 Å². The molecule has 0 aliphatic carbocycles. The minimum Gasteiger partial charge on any atom is -0.486 e. The van der Waals surface area contributed by atoms with Gasteiger partial charge in [0.05, 0.1) is 10.9 Å². The third-order valence-electron chi connectivity index (χ3n) is 3.27. The number of carboxylic acids is 1. The largest absolute Gasteiger partial charge is 0.486 e. The zero-order valence-corrected chi connectivity index (χ0v) is 12.4. The number of thioether (sulfide) groups is 1. The van der Waals surface area contributed by atoms with Gasteiger partial charge in [-0.2, -0.15) is 0 Å². The maximum atomic E-state index is 12.5. The molecule has 2 aliphatic heterocycles. The molecule has 2 aliphatic rings. The van der Waals surface area contributed by atoms with Crippen LogP contribution >= 0.6 is 23.4 Å². The Balaban J connectivity index is 1.91. The van der Waals surface area contributed by atoms with Gasteiger partial charge in [0.2, 0.25) is 0 Å². The Morgan fingerprint density at radius 3 is 2.86 bits per heavy atom. The molecule has 0 spiro atoms. The third kappa shape index (κ3) is 2.63. The van der Waals surface area contributed by atoms with Crippen molar-refractivity contribution in [2.24, 2.45) is 0 Å². The Labute approximate surface area is 130 Å². The smallest absolute Gasteiger partial charge is 0.327 e. The molecule has 1 amide bonds. The van der Waals surface area contributed by atoms with Crippen molar-refractivity contribution in [1.29, 1.82) is 0 Å². The van der Waals surface area contributed by atoms with E-state index in [0.717, 1.165) is 0 Å². The Hall–Kier alpha value is -1.60. The SMILES string of the molecule is O=C(O)[C@@H]1CSCN1C(=O)c1cc(Cl)c2c(c1)OCCO2. The van der Waals surface area contributed by atoms with Crippen LogP contribution in [0.1, 0.15) is 10.4 Å². The minimum atomic E-state index is -1.00. The Morgan fingerprint density at radius 2 is 2.10 bits per heavy atom. The van der Waals surface area contributed by atoms with E-state index in [1.807, 2.05) is 0 Å². The number of nitrogens with zero attached hydrogens (tertiary/aromatic N) is 1. The number of amides is 1. The molecule has 0 aromatic heterocycles. The summed E-state index contributed by atoms with van der Waals surface area (Å²) in [5.41, 5.74) is 0.304. The number of benzene rings is 1. The molecule has 2 heterocycles. The lowest BCUT2D eigenvalue weighted by molar-refractivity contribution is -0.140. The van der Waals surface area contributed by atoms with Gasteiger partial charge in [0.25, 0.3) is 5.91 Å². The van der Waals surface area contributed by atoms with E-state index in [4.69, 9.17) is 26.2 Å². The second-order valence-corrected chi connectivity index (χ2v) is 6.02. The van der Waals surface area contributed by atoms with E-state index in [1.54, 1.807) is 6.07 Å². The topological polar surface area (TPSA) is 76.1 Å². The van der Waals surface area contributed by atoms with Crippen LogP contribution in [0.5, 0.6) is 11.5 Å². The molecule has 1 atom stereocenters. The number of fused-ring (bicyclic) bond motifs is 1. The Kier molecular flexibility index (Phi) is 3.86. The zero-order chi connectivity index (χ0) is 15.0. The van der Waals surface area contributed by atoms with Crippen LogP contribution in [0.15, 0.2) is 12.1 Å². The highest BCUT2D eigenvalue weighted by Crippen LogP contribution is 2.39. The molecule has 21 heavy (non-hydrogen) atoms. The number of carbonyl (C=O) groups excluding carboxylic acids is 1. The van der Waals surface area contributed by atoms with Crippen LogP contribution in [-0.2, 0) is 4.79 Å². The summed E-state index contributed by atoms with van der Waals surface area (Å²) in [6.45, 7) is 0.794. The van der Waals surface area contributed by atoms with Crippen molar-refractivity contribution in [3.05, 3.63) is 22.7 Å². The molecular formula is C13H12ClNO5S. The standard InChI is InChI=1S/C13H12ClNO5S/c14-8-3-7(4-10-11(8)20-2-1-19-10)12(16)15-6-21-5-9(15)13(17)18/h3-4,9H,1-2,5-6H2,(H,17,18)/t9-/m0/s1. The van der Waals surface area contributed by atoms with E-state index in [2.05, 4.69) is 0 Å². The van der Waals surface area contributed by atoms with Crippen molar-refractivity contribution in [3.8, 4) is 11.5 Å². The molecule has 6 nitrogen and oxygen atoms in total. The van der Waals surface area contributed by atoms with Gasteiger partial charge in [0, 0.05) is 11.3 Å². The molecule has 0 saturated carbocycles. The molecule has 0 unspecified atom stereocenters. The van der Waals surface area contributed by atoms with Gasteiger partial charge in [0.1, 0.15) is 19.3 Å². The maximum absolute atomic E-state index is 12.5. The van der Waals surface area contributed by atoms with Crippen LogP contribution in [0, 0.1) is 0 Å². The summed E-state index contributed by atoms with van der Waals surface area (Å²) >= 11 is 7.51. The fourth-order valence-electron chi connectivity index (χ4n) is 2.25. The highest BCUT2D eigenvalue weighted by atomic mass is 35.5. The number of carboxylic acid groups (broad SMARTS) is 1. The van der Waals surface area contributed by atoms with Crippen LogP contribution in [0.3, 0.4) is 0 Å². The lowest BCUT2D eigenvalue weighted by Crippen LogP contribution is -2.41. The van der Waals surface area contributed by atoms with Crippen LogP contribution in [0.4, 0.5) is 0 Å². The van der Waals surface area contributed by atoms with E-state index < -0.39 is 12.0 Å². The van der Waals surface area contributed by atoms with Crippen molar-refractivity contribution in [2.75, 3.05) is 24.8 Å². The summed E-state index contributed by atoms with van der Waals surface area (Å²) in [5.74, 6) is 0.199. The van der Waals surface area contributed by atoms with E-state index in [1.165, 1.54) is 22.7 Å². The molecule has 1 saturated heterocycles. The van der Waals surface area contributed by atoms with Crippen LogP contribution in [-0.4, -0.2) is 52.8 Å². The number of ether oxygens (including phenoxy) is 2. The van der Waals surface area contributed by atoms with Crippen molar-refractivity contribution in [3.63, 3.8) is 0 Å². The molecular weight excluding hydrogens is 318 g/mol. The summed E-state index contributed by atoms with van der Waals surface area (Å²) in [4.78, 5) is 25.0. The predicted octanol–water partition coefficient (Wildman–Crippen LogP) is 1.71. The molecule has 0 bridgehead atoms. The number of rotatable bonds is 2. The molecule has 3 rings (SSSR count). The summed E-state index contributed by atoms with van der Waals surface area (Å²) in [6.07, 6.45) is 0. The highest BCUT2D eigenvalue weighted by molar-refractivity contribution is 7.99. The zero-order valence-electron chi connectivity index (χ0n) is 10.9. The second kappa shape index (κ2) is 5.65. The lowest BCUT2D eigenvalue weighted by Gasteiger charge is -2.23. The first-order valence-electron chi connectivity index (χ1n) is 6.28. The van der Waals surface area contributed by atoms with E-state index in [0.29, 0.717) is 41.9 Å². The van der Waals surface area contributed by atoms with Crippen molar-refractivity contribution >= 4 is 35.2 Å². The van der Waals surface area contributed by atoms with Crippen molar-refractivity contribution in [2.45, 2.75) is 6.04 Å². The van der Waals surface area contributed by atoms with E-state index >= 15 is 0 Å². The minimum absolute atomic E-state index is 0.286. The average Bonchev–Trinajstić information content (AvgIpc) is 2.96. The summed E-state index contributed by atoms with van der Waals surface area (Å²) in [5, 5.41) is 9.43. The Morgan fingerprint density at radius 1 is 1.33 bits per heavy atom. The molecule has 1 fully saturated rings. The van der Waals surface area contributed by atoms with Gasteiger partial charge in [-0.25, -0.2) is 4.79 Å². The maximum Gasteiger partial charge on any atom is 0.327 e.